The van der Waals surface area contributed by atoms with Gasteiger partial charge >= 0.3 is 5.97 Å². The third kappa shape index (κ3) is 4.39. The molecule has 0 aromatic heterocycles. The molecule has 1 aromatic rings. The van der Waals surface area contributed by atoms with Gasteiger partial charge in [-0.2, -0.15) is 0 Å². The zero-order valence-electron chi connectivity index (χ0n) is 11.6. The van der Waals surface area contributed by atoms with E-state index in [2.05, 4.69) is 5.32 Å². The first-order valence-corrected chi connectivity index (χ1v) is 6.39. The van der Waals surface area contributed by atoms with Gasteiger partial charge in [0.15, 0.2) is 0 Å². The molecule has 1 aromatic carbocycles. The summed E-state index contributed by atoms with van der Waals surface area (Å²) in [6.07, 6.45) is 0.0616. The van der Waals surface area contributed by atoms with E-state index in [1.807, 2.05) is 51.1 Å². The molecule has 1 unspecified atom stereocenters. The van der Waals surface area contributed by atoms with Crippen molar-refractivity contribution in [3.8, 4) is 0 Å². The SMILES string of the molecule is CC(CNC(=O)C(C)(C)c1ccccc1)CC(=O)O. The summed E-state index contributed by atoms with van der Waals surface area (Å²) in [5, 5.41) is 11.5. The lowest BCUT2D eigenvalue weighted by molar-refractivity contribution is -0.138. The van der Waals surface area contributed by atoms with Gasteiger partial charge in [-0.1, -0.05) is 37.3 Å². The minimum Gasteiger partial charge on any atom is -0.481 e. The van der Waals surface area contributed by atoms with Crippen molar-refractivity contribution in [3.63, 3.8) is 0 Å². The summed E-state index contributed by atoms with van der Waals surface area (Å²) in [5.74, 6) is -1.01. The molecule has 2 N–H and O–H groups in total. The zero-order valence-corrected chi connectivity index (χ0v) is 11.6. The molecule has 0 saturated heterocycles. The number of carbonyl (C=O) groups is 2. The molecule has 0 heterocycles. The second-order valence-electron chi connectivity index (χ2n) is 5.40. The molecule has 0 saturated carbocycles. The van der Waals surface area contributed by atoms with Crippen LogP contribution >= 0.6 is 0 Å². The van der Waals surface area contributed by atoms with Crippen LogP contribution in [0.25, 0.3) is 0 Å². The monoisotopic (exact) mass is 263 g/mol. The Hall–Kier alpha value is -1.84. The van der Waals surface area contributed by atoms with E-state index >= 15 is 0 Å². The van der Waals surface area contributed by atoms with Gasteiger partial charge in [0.05, 0.1) is 5.41 Å². The zero-order chi connectivity index (χ0) is 14.5. The summed E-state index contributed by atoms with van der Waals surface area (Å²) in [4.78, 5) is 22.8. The van der Waals surface area contributed by atoms with Gasteiger partial charge in [-0.15, -0.1) is 0 Å². The first kappa shape index (κ1) is 15.2. The molecule has 0 radical (unpaired) electrons. The lowest BCUT2D eigenvalue weighted by atomic mass is 9.83. The predicted octanol–water partition coefficient (Wildman–Crippen LogP) is 2.19. The maximum absolute atomic E-state index is 12.2. The standard InChI is InChI=1S/C15H21NO3/c1-11(9-13(17)18)10-16-14(19)15(2,3)12-7-5-4-6-8-12/h4-8,11H,9-10H2,1-3H3,(H,16,19)(H,17,18). The molecule has 0 aliphatic heterocycles. The predicted molar refractivity (Wildman–Crippen MR) is 73.9 cm³/mol. The fourth-order valence-electron chi connectivity index (χ4n) is 1.84. The molecular weight excluding hydrogens is 242 g/mol. The Bertz CT molecular complexity index is 440. The molecule has 0 aliphatic rings. The fourth-order valence-corrected chi connectivity index (χ4v) is 1.84. The maximum atomic E-state index is 12.2. The number of carboxylic acid groups (broad SMARTS) is 1. The highest BCUT2D eigenvalue weighted by Gasteiger charge is 2.29. The number of carboxylic acids is 1. The number of hydrogen-bond acceptors (Lipinski definition) is 2. The van der Waals surface area contributed by atoms with Crippen LogP contribution in [0.1, 0.15) is 32.8 Å². The number of nitrogens with one attached hydrogen (secondary N) is 1. The summed E-state index contributed by atoms with van der Waals surface area (Å²) in [5.41, 5.74) is 0.322. The Morgan fingerprint density at radius 1 is 1.26 bits per heavy atom. The summed E-state index contributed by atoms with van der Waals surface area (Å²) in [7, 11) is 0. The van der Waals surface area contributed by atoms with Crippen LogP contribution in [0.4, 0.5) is 0 Å². The Balaban J connectivity index is 2.60. The van der Waals surface area contributed by atoms with Crippen LogP contribution in [0.3, 0.4) is 0 Å². The lowest BCUT2D eigenvalue weighted by Gasteiger charge is -2.25. The van der Waals surface area contributed by atoms with Crippen LogP contribution in [0.2, 0.25) is 0 Å². The average Bonchev–Trinajstić information content (AvgIpc) is 2.36. The van der Waals surface area contributed by atoms with E-state index in [4.69, 9.17) is 5.11 Å². The van der Waals surface area contributed by atoms with Crippen molar-refractivity contribution in [2.75, 3.05) is 6.54 Å². The van der Waals surface area contributed by atoms with Gasteiger partial charge in [-0.3, -0.25) is 9.59 Å². The quantitative estimate of drug-likeness (QED) is 0.826. The van der Waals surface area contributed by atoms with Gasteiger partial charge in [0.2, 0.25) is 5.91 Å². The van der Waals surface area contributed by atoms with Gasteiger partial charge in [-0.25, -0.2) is 0 Å². The van der Waals surface area contributed by atoms with Gasteiger partial charge in [-0.05, 0) is 25.3 Å². The fraction of sp³-hybridized carbons (Fsp3) is 0.467. The van der Waals surface area contributed by atoms with Gasteiger partial charge in [0.1, 0.15) is 0 Å². The third-order valence-electron chi connectivity index (χ3n) is 3.20. The molecule has 19 heavy (non-hydrogen) atoms. The second-order valence-corrected chi connectivity index (χ2v) is 5.40. The topological polar surface area (TPSA) is 66.4 Å². The van der Waals surface area contributed by atoms with Crippen molar-refractivity contribution in [2.24, 2.45) is 5.92 Å². The number of amides is 1. The average molecular weight is 263 g/mol. The normalized spacial score (nSPS) is 12.8. The van der Waals surface area contributed by atoms with Crippen molar-refractivity contribution in [1.29, 1.82) is 0 Å². The van der Waals surface area contributed by atoms with Crippen molar-refractivity contribution >= 4 is 11.9 Å². The van der Waals surface area contributed by atoms with E-state index in [9.17, 15) is 9.59 Å². The number of carbonyl (C=O) groups excluding carboxylic acids is 1. The van der Waals surface area contributed by atoms with E-state index < -0.39 is 11.4 Å². The minimum atomic E-state index is -0.843. The van der Waals surface area contributed by atoms with E-state index in [0.717, 1.165) is 5.56 Å². The van der Waals surface area contributed by atoms with Crippen molar-refractivity contribution in [3.05, 3.63) is 35.9 Å². The molecule has 1 rings (SSSR count). The van der Waals surface area contributed by atoms with E-state index in [1.165, 1.54) is 0 Å². The van der Waals surface area contributed by atoms with E-state index in [-0.39, 0.29) is 18.2 Å². The molecule has 1 amide bonds. The largest absolute Gasteiger partial charge is 0.481 e. The highest BCUT2D eigenvalue weighted by atomic mass is 16.4. The number of aliphatic carboxylic acids is 1. The van der Waals surface area contributed by atoms with E-state index in [0.29, 0.717) is 6.54 Å². The molecule has 0 fully saturated rings. The van der Waals surface area contributed by atoms with Crippen molar-refractivity contribution < 1.29 is 14.7 Å². The molecule has 104 valence electrons. The van der Waals surface area contributed by atoms with Gasteiger partial charge < -0.3 is 10.4 Å². The van der Waals surface area contributed by atoms with E-state index in [1.54, 1.807) is 0 Å². The Morgan fingerprint density at radius 2 is 1.84 bits per heavy atom. The minimum absolute atomic E-state index is 0.0616. The Morgan fingerprint density at radius 3 is 2.37 bits per heavy atom. The van der Waals surface area contributed by atoms with Crippen LogP contribution in [0.15, 0.2) is 30.3 Å². The summed E-state index contributed by atoms with van der Waals surface area (Å²) in [6.45, 7) is 5.91. The van der Waals surface area contributed by atoms with Crippen molar-refractivity contribution in [2.45, 2.75) is 32.6 Å². The second kappa shape index (κ2) is 6.36. The highest BCUT2D eigenvalue weighted by Crippen LogP contribution is 2.22. The van der Waals surface area contributed by atoms with Crippen LogP contribution in [0, 0.1) is 5.92 Å². The number of benzene rings is 1. The first-order valence-electron chi connectivity index (χ1n) is 6.39. The molecule has 0 spiro atoms. The molecule has 4 heteroatoms. The van der Waals surface area contributed by atoms with Gasteiger partial charge in [0.25, 0.3) is 0 Å². The van der Waals surface area contributed by atoms with Crippen LogP contribution in [-0.2, 0) is 15.0 Å². The van der Waals surface area contributed by atoms with Crippen LogP contribution in [0.5, 0.6) is 0 Å². The van der Waals surface area contributed by atoms with Crippen LogP contribution < -0.4 is 5.32 Å². The molecular formula is C15H21NO3. The lowest BCUT2D eigenvalue weighted by Crippen LogP contribution is -2.42. The molecule has 0 aliphatic carbocycles. The molecule has 4 nitrogen and oxygen atoms in total. The van der Waals surface area contributed by atoms with Crippen LogP contribution in [-0.4, -0.2) is 23.5 Å². The molecule has 0 bridgehead atoms. The Labute approximate surface area is 113 Å². The summed E-state index contributed by atoms with van der Waals surface area (Å²) < 4.78 is 0. The smallest absolute Gasteiger partial charge is 0.303 e. The maximum Gasteiger partial charge on any atom is 0.303 e. The summed E-state index contributed by atoms with van der Waals surface area (Å²) >= 11 is 0. The highest BCUT2D eigenvalue weighted by molar-refractivity contribution is 5.87. The number of hydrogen-bond donors (Lipinski definition) is 2. The third-order valence-corrected chi connectivity index (χ3v) is 3.20. The molecule has 1 atom stereocenters. The number of rotatable bonds is 6. The van der Waals surface area contributed by atoms with Gasteiger partial charge in [0, 0.05) is 13.0 Å². The summed E-state index contributed by atoms with van der Waals surface area (Å²) in [6, 6.07) is 9.54. The first-order chi connectivity index (χ1) is 8.84. The van der Waals surface area contributed by atoms with Crippen molar-refractivity contribution in [1.82, 2.24) is 5.32 Å². The Kier molecular flexibility index (Phi) is 5.10.